The number of likely N-dealkylation sites (tertiary alicyclic amines) is 2. The third-order valence-electron chi connectivity index (χ3n) is 5.50. The molecule has 1 aromatic heterocycles. The molecule has 2 aliphatic heterocycles. The summed E-state index contributed by atoms with van der Waals surface area (Å²) < 4.78 is 10.3. The Morgan fingerprint density at radius 2 is 1.85 bits per heavy atom. The van der Waals surface area contributed by atoms with Crippen molar-refractivity contribution in [1.29, 1.82) is 0 Å². The SMILES string of the molecule is CC#CCOC(=O)N1CCC2(CCN(C(=O)c3c(C)noc3C)CC2)C1. The second-order valence-electron chi connectivity index (χ2n) is 7.14. The van der Waals surface area contributed by atoms with Crippen molar-refractivity contribution >= 4 is 12.0 Å². The third-order valence-corrected chi connectivity index (χ3v) is 5.50. The van der Waals surface area contributed by atoms with Crippen LogP contribution in [-0.2, 0) is 4.74 Å². The molecule has 7 nitrogen and oxygen atoms in total. The van der Waals surface area contributed by atoms with E-state index < -0.39 is 0 Å². The Morgan fingerprint density at radius 1 is 1.19 bits per heavy atom. The fourth-order valence-electron chi connectivity index (χ4n) is 3.89. The summed E-state index contributed by atoms with van der Waals surface area (Å²) in [5.74, 6) is 6.01. The maximum Gasteiger partial charge on any atom is 0.410 e. The molecular formula is C19H25N3O4. The first-order valence-corrected chi connectivity index (χ1v) is 8.99. The second kappa shape index (κ2) is 7.40. The molecular weight excluding hydrogens is 334 g/mol. The first kappa shape index (κ1) is 18.3. The fraction of sp³-hybridized carbons (Fsp3) is 0.632. The molecule has 1 spiro atoms. The topological polar surface area (TPSA) is 75.9 Å². The predicted octanol–water partition coefficient (Wildman–Crippen LogP) is 2.38. The van der Waals surface area contributed by atoms with Gasteiger partial charge in [0.2, 0.25) is 0 Å². The zero-order valence-corrected chi connectivity index (χ0v) is 15.6. The molecule has 0 aliphatic carbocycles. The molecule has 0 atom stereocenters. The maximum absolute atomic E-state index is 12.8. The van der Waals surface area contributed by atoms with Gasteiger partial charge in [0.05, 0.1) is 5.69 Å². The molecule has 3 rings (SSSR count). The molecule has 3 heterocycles. The van der Waals surface area contributed by atoms with Gasteiger partial charge in [-0.05, 0) is 45.4 Å². The average molecular weight is 359 g/mol. The monoisotopic (exact) mass is 359 g/mol. The van der Waals surface area contributed by atoms with Gasteiger partial charge in [0.15, 0.2) is 6.61 Å². The van der Waals surface area contributed by atoms with Crippen LogP contribution in [0, 0.1) is 31.1 Å². The minimum Gasteiger partial charge on any atom is -0.436 e. The molecule has 0 N–H and O–H groups in total. The van der Waals surface area contributed by atoms with Gasteiger partial charge in [-0.2, -0.15) is 0 Å². The smallest absolute Gasteiger partial charge is 0.410 e. The Kier molecular flexibility index (Phi) is 5.21. The summed E-state index contributed by atoms with van der Waals surface area (Å²) in [5, 5.41) is 3.87. The third kappa shape index (κ3) is 3.55. The molecule has 2 saturated heterocycles. The number of aryl methyl sites for hydroxylation is 2. The number of hydrogen-bond acceptors (Lipinski definition) is 5. The largest absolute Gasteiger partial charge is 0.436 e. The summed E-state index contributed by atoms with van der Waals surface area (Å²) in [7, 11) is 0. The fourth-order valence-corrected chi connectivity index (χ4v) is 3.89. The minimum absolute atomic E-state index is 0.0106. The van der Waals surface area contributed by atoms with Gasteiger partial charge in [-0.25, -0.2) is 4.79 Å². The van der Waals surface area contributed by atoms with Crippen LogP contribution < -0.4 is 0 Å². The van der Waals surface area contributed by atoms with E-state index in [1.54, 1.807) is 25.7 Å². The molecule has 0 bridgehead atoms. The van der Waals surface area contributed by atoms with Gasteiger partial charge >= 0.3 is 6.09 Å². The highest BCUT2D eigenvalue weighted by atomic mass is 16.6. The minimum atomic E-state index is -0.293. The van der Waals surface area contributed by atoms with Crippen LogP contribution in [0.3, 0.4) is 0 Å². The van der Waals surface area contributed by atoms with Crippen LogP contribution in [0.5, 0.6) is 0 Å². The predicted molar refractivity (Wildman–Crippen MR) is 94.5 cm³/mol. The summed E-state index contributed by atoms with van der Waals surface area (Å²) in [5.41, 5.74) is 1.30. The van der Waals surface area contributed by atoms with Crippen LogP contribution in [0.1, 0.15) is 48.0 Å². The van der Waals surface area contributed by atoms with Crippen LogP contribution in [-0.4, -0.2) is 59.7 Å². The van der Waals surface area contributed by atoms with Gasteiger partial charge in [0.1, 0.15) is 11.3 Å². The lowest BCUT2D eigenvalue weighted by atomic mass is 9.77. The van der Waals surface area contributed by atoms with Crippen LogP contribution >= 0.6 is 0 Å². The quantitative estimate of drug-likeness (QED) is 0.758. The van der Waals surface area contributed by atoms with E-state index in [1.807, 2.05) is 4.90 Å². The summed E-state index contributed by atoms with van der Waals surface area (Å²) in [4.78, 5) is 28.5. The number of piperidine rings is 1. The number of amides is 2. The van der Waals surface area contributed by atoms with Crippen molar-refractivity contribution in [2.75, 3.05) is 32.8 Å². The lowest BCUT2D eigenvalue weighted by Crippen LogP contribution is -2.45. The van der Waals surface area contributed by atoms with Crippen molar-refractivity contribution in [2.24, 2.45) is 5.41 Å². The molecule has 7 heteroatoms. The summed E-state index contributed by atoms with van der Waals surface area (Å²) in [6.07, 6.45) is 2.44. The number of hydrogen-bond donors (Lipinski definition) is 0. The van der Waals surface area contributed by atoms with E-state index in [0.29, 0.717) is 43.2 Å². The Bertz CT molecular complexity index is 731. The highest BCUT2D eigenvalue weighted by molar-refractivity contribution is 5.96. The first-order valence-electron chi connectivity index (χ1n) is 8.99. The molecule has 2 amide bonds. The van der Waals surface area contributed by atoms with Gasteiger partial charge in [-0.15, -0.1) is 5.92 Å². The first-order chi connectivity index (χ1) is 12.5. The van der Waals surface area contributed by atoms with Gasteiger partial charge < -0.3 is 19.1 Å². The maximum atomic E-state index is 12.8. The van der Waals surface area contributed by atoms with Gasteiger partial charge in [0, 0.05) is 26.2 Å². The zero-order chi connectivity index (χ0) is 18.7. The highest BCUT2D eigenvalue weighted by Crippen LogP contribution is 2.40. The molecule has 0 aromatic carbocycles. The summed E-state index contributed by atoms with van der Waals surface area (Å²) >= 11 is 0. The van der Waals surface area contributed by atoms with Crippen LogP contribution in [0.15, 0.2) is 4.52 Å². The Hall–Kier alpha value is -2.49. The molecule has 26 heavy (non-hydrogen) atoms. The molecule has 1 aromatic rings. The number of carbonyl (C=O) groups is 2. The van der Waals surface area contributed by atoms with Crippen molar-refractivity contribution in [3.63, 3.8) is 0 Å². The van der Waals surface area contributed by atoms with E-state index in [0.717, 1.165) is 19.3 Å². The lowest BCUT2D eigenvalue weighted by molar-refractivity contribution is 0.0576. The molecule has 0 radical (unpaired) electrons. The van der Waals surface area contributed by atoms with Crippen molar-refractivity contribution in [3.05, 3.63) is 17.0 Å². The molecule has 140 valence electrons. The van der Waals surface area contributed by atoms with E-state index in [9.17, 15) is 9.59 Å². The zero-order valence-electron chi connectivity index (χ0n) is 15.6. The van der Waals surface area contributed by atoms with Crippen LogP contribution in [0.4, 0.5) is 4.79 Å². The standard InChI is InChI=1S/C19H25N3O4/c1-4-5-12-25-18(24)22-11-8-19(13-22)6-9-21(10-7-19)17(23)16-14(2)20-26-15(16)3/h6-13H2,1-3H3. The van der Waals surface area contributed by atoms with E-state index in [2.05, 4.69) is 17.0 Å². The number of aromatic nitrogens is 1. The average Bonchev–Trinajstić information content (AvgIpc) is 3.19. The Labute approximate surface area is 153 Å². The van der Waals surface area contributed by atoms with Crippen LogP contribution in [0.2, 0.25) is 0 Å². The normalized spacial score (nSPS) is 18.6. The van der Waals surface area contributed by atoms with Gasteiger partial charge in [-0.1, -0.05) is 11.1 Å². The van der Waals surface area contributed by atoms with Crippen molar-refractivity contribution in [2.45, 2.75) is 40.0 Å². The van der Waals surface area contributed by atoms with Crippen molar-refractivity contribution < 1.29 is 18.8 Å². The van der Waals surface area contributed by atoms with Crippen molar-refractivity contribution in [1.82, 2.24) is 15.0 Å². The highest BCUT2D eigenvalue weighted by Gasteiger charge is 2.43. The second-order valence-corrected chi connectivity index (χ2v) is 7.14. The van der Waals surface area contributed by atoms with Crippen molar-refractivity contribution in [3.8, 4) is 11.8 Å². The Balaban J connectivity index is 1.56. The van der Waals surface area contributed by atoms with E-state index in [4.69, 9.17) is 9.26 Å². The lowest BCUT2D eigenvalue weighted by Gasteiger charge is -2.39. The number of carbonyl (C=O) groups excluding carboxylic acids is 2. The summed E-state index contributed by atoms with van der Waals surface area (Å²) in [6, 6.07) is 0. The van der Waals surface area contributed by atoms with E-state index in [-0.39, 0.29) is 24.0 Å². The molecule has 0 saturated carbocycles. The molecule has 0 unspecified atom stereocenters. The number of rotatable bonds is 2. The van der Waals surface area contributed by atoms with E-state index >= 15 is 0 Å². The molecule has 2 fully saturated rings. The van der Waals surface area contributed by atoms with Crippen LogP contribution in [0.25, 0.3) is 0 Å². The van der Waals surface area contributed by atoms with Gasteiger partial charge in [-0.3, -0.25) is 4.79 Å². The number of nitrogens with zero attached hydrogens (tertiary/aromatic N) is 3. The van der Waals surface area contributed by atoms with E-state index in [1.165, 1.54) is 0 Å². The summed E-state index contributed by atoms with van der Waals surface area (Å²) in [6.45, 7) is 8.19. The molecule has 2 aliphatic rings. The Morgan fingerprint density at radius 3 is 2.42 bits per heavy atom. The van der Waals surface area contributed by atoms with Gasteiger partial charge in [0.25, 0.3) is 5.91 Å². The number of ether oxygens (including phenoxy) is 1.